The summed E-state index contributed by atoms with van der Waals surface area (Å²) in [5, 5.41) is 13.6. The molecule has 0 aliphatic carbocycles. The Kier molecular flexibility index (Phi) is 2.93. The maximum absolute atomic E-state index is 9.67. The summed E-state index contributed by atoms with van der Waals surface area (Å²) in [6, 6.07) is 3.18. The van der Waals surface area contributed by atoms with Crippen molar-refractivity contribution in [1.82, 2.24) is 15.1 Å². The van der Waals surface area contributed by atoms with Crippen molar-refractivity contribution >= 4 is 0 Å². The first-order chi connectivity index (χ1) is 8.84. The number of hydrogen-bond donors (Lipinski definition) is 1. The number of ether oxygens (including phenoxy) is 1. The van der Waals surface area contributed by atoms with Crippen LogP contribution in [0.2, 0.25) is 0 Å². The molecule has 6 nitrogen and oxygen atoms in total. The Hall–Kier alpha value is -1.95. The van der Waals surface area contributed by atoms with Gasteiger partial charge in [0, 0.05) is 18.7 Å². The second kappa shape index (κ2) is 4.73. The Balaban J connectivity index is 1.87. The quantitative estimate of drug-likeness (QED) is 0.870. The Morgan fingerprint density at radius 3 is 3.11 bits per heavy atom. The molecule has 1 unspecified atom stereocenters. The normalized spacial score (nSPS) is 19.9. The van der Waals surface area contributed by atoms with Crippen LogP contribution in [0.4, 0.5) is 0 Å². The second-order valence-corrected chi connectivity index (χ2v) is 4.24. The van der Waals surface area contributed by atoms with E-state index in [4.69, 9.17) is 9.26 Å². The zero-order valence-corrected chi connectivity index (χ0v) is 9.74. The summed E-state index contributed by atoms with van der Waals surface area (Å²) in [7, 11) is 0. The molecule has 0 radical (unpaired) electrons. The molecule has 1 fully saturated rings. The van der Waals surface area contributed by atoms with Crippen molar-refractivity contribution < 1.29 is 14.4 Å². The van der Waals surface area contributed by atoms with Gasteiger partial charge in [-0.3, -0.25) is 0 Å². The van der Waals surface area contributed by atoms with Gasteiger partial charge in [0.15, 0.2) is 11.5 Å². The summed E-state index contributed by atoms with van der Waals surface area (Å²) < 4.78 is 10.5. The van der Waals surface area contributed by atoms with E-state index in [0.29, 0.717) is 18.1 Å². The van der Waals surface area contributed by atoms with E-state index in [1.807, 2.05) is 0 Å². The Morgan fingerprint density at radius 1 is 1.39 bits per heavy atom. The fraction of sp³-hybridized carbons (Fsp3) is 0.417. The zero-order valence-electron chi connectivity index (χ0n) is 9.74. The zero-order chi connectivity index (χ0) is 12.4. The van der Waals surface area contributed by atoms with Crippen molar-refractivity contribution in [1.29, 1.82) is 0 Å². The average Bonchev–Trinajstić information content (AvgIpc) is 2.90. The third kappa shape index (κ3) is 2.06. The molecule has 0 bridgehead atoms. The van der Waals surface area contributed by atoms with Gasteiger partial charge in [0.2, 0.25) is 0 Å². The molecule has 18 heavy (non-hydrogen) atoms. The predicted octanol–water partition coefficient (Wildman–Crippen LogP) is 1.73. The van der Waals surface area contributed by atoms with Crippen LogP contribution in [-0.2, 0) is 4.74 Å². The van der Waals surface area contributed by atoms with Crippen molar-refractivity contribution in [2.75, 3.05) is 13.2 Å². The van der Waals surface area contributed by atoms with Crippen molar-refractivity contribution in [2.24, 2.45) is 0 Å². The lowest BCUT2D eigenvalue weighted by atomic mass is 10.0. The SMILES string of the molecule is Oc1cccnc1-c1nc(C2CCCOC2)no1. The fourth-order valence-electron chi connectivity index (χ4n) is 2.00. The van der Waals surface area contributed by atoms with E-state index in [0.717, 1.165) is 19.4 Å². The van der Waals surface area contributed by atoms with Crippen LogP contribution in [0.25, 0.3) is 11.6 Å². The van der Waals surface area contributed by atoms with E-state index in [1.165, 1.54) is 6.07 Å². The van der Waals surface area contributed by atoms with Gasteiger partial charge in [-0.05, 0) is 25.0 Å². The maximum Gasteiger partial charge on any atom is 0.280 e. The van der Waals surface area contributed by atoms with Crippen molar-refractivity contribution in [3.05, 3.63) is 24.2 Å². The molecule has 0 aromatic carbocycles. The van der Waals surface area contributed by atoms with Gasteiger partial charge in [0.1, 0.15) is 5.75 Å². The van der Waals surface area contributed by atoms with Crippen LogP contribution < -0.4 is 0 Å². The third-order valence-electron chi connectivity index (χ3n) is 2.96. The first-order valence-corrected chi connectivity index (χ1v) is 5.90. The van der Waals surface area contributed by atoms with Crippen LogP contribution in [-0.4, -0.2) is 33.4 Å². The number of rotatable bonds is 2. The Bertz CT molecular complexity index is 535. The molecule has 0 amide bonds. The molecular weight excluding hydrogens is 234 g/mol. The second-order valence-electron chi connectivity index (χ2n) is 4.24. The summed E-state index contributed by atoms with van der Waals surface area (Å²) in [6.45, 7) is 1.41. The lowest BCUT2D eigenvalue weighted by Crippen LogP contribution is -2.16. The van der Waals surface area contributed by atoms with Crippen molar-refractivity contribution in [2.45, 2.75) is 18.8 Å². The smallest absolute Gasteiger partial charge is 0.280 e. The third-order valence-corrected chi connectivity index (χ3v) is 2.96. The molecule has 2 aromatic heterocycles. The van der Waals surface area contributed by atoms with Crippen LogP contribution in [0.1, 0.15) is 24.6 Å². The number of nitrogens with zero attached hydrogens (tertiary/aromatic N) is 3. The van der Waals surface area contributed by atoms with Gasteiger partial charge in [-0.2, -0.15) is 4.98 Å². The van der Waals surface area contributed by atoms with Gasteiger partial charge in [-0.25, -0.2) is 4.98 Å². The van der Waals surface area contributed by atoms with Crippen LogP contribution in [0.5, 0.6) is 5.75 Å². The summed E-state index contributed by atoms with van der Waals surface area (Å²) in [5.74, 6) is 1.07. The van der Waals surface area contributed by atoms with Crippen LogP contribution >= 0.6 is 0 Å². The molecule has 1 atom stereocenters. The van der Waals surface area contributed by atoms with Gasteiger partial charge in [-0.15, -0.1) is 0 Å². The van der Waals surface area contributed by atoms with Gasteiger partial charge < -0.3 is 14.4 Å². The summed E-state index contributed by atoms with van der Waals surface area (Å²) in [6.07, 6.45) is 3.57. The maximum atomic E-state index is 9.67. The van der Waals surface area contributed by atoms with Crippen molar-refractivity contribution in [3.63, 3.8) is 0 Å². The molecule has 6 heteroatoms. The lowest BCUT2D eigenvalue weighted by molar-refractivity contribution is 0.0773. The lowest BCUT2D eigenvalue weighted by Gasteiger charge is -2.18. The highest BCUT2D eigenvalue weighted by Gasteiger charge is 2.23. The van der Waals surface area contributed by atoms with Crippen LogP contribution in [0, 0.1) is 0 Å². The van der Waals surface area contributed by atoms with E-state index in [2.05, 4.69) is 15.1 Å². The minimum Gasteiger partial charge on any atom is -0.505 e. The molecular formula is C12H13N3O3. The highest BCUT2D eigenvalue weighted by molar-refractivity contribution is 5.55. The largest absolute Gasteiger partial charge is 0.505 e. The molecule has 3 rings (SSSR count). The summed E-state index contributed by atoms with van der Waals surface area (Å²) >= 11 is 0. The summed E-state index contributed by atoms with van der Waals surface area (Å²) in [5.41, 5.74) is 0.313. The topological polar surface area (TPSA) is 81.3 Å². The number of aromatic hydroxyl groups is 1. The number of aromatic nitrogens is 3. The molecule has 1 saturated heterocycles. The predicted molar refractivity (Wildman–Crippen MR) is 62.0 cm³/mol. The minimum atomic E-state index is 0.0348. The van der Waals surface area contributed by atoms with E-state index >= 15 is 0 Å². The number of pyridine rings is 1. The van der Waals surface area contributed by atoms with E-state index in [-0.39, 0.29) is 17.6 Å². The van der Waals surface area contributed by atoms with Gasteiger partial charge in [0.25, 0.3) is 5.89 Å². The Morgan fingerprint density at radius 2 is 2.33 bits per heavy atom. The van der Waals surface area contributed by atoms with E-state index in [1.54, 1.807) is 12.3 Å². The van der Waals surface area contributed by atoms with E-state index < -0.39 is 0 Å². The van der Waals surface area contributed by atoms with Crippen LogP contribution in [0.3, 0.4) is 0 Å². The molecule has 1 aliphatic rings. The molecule has 0 saturated carbocycles. The Labute approximate surface area is 104 Å². The number of hydrogen-bond acceptors (Lipinski definition) is 6. The minimum absolute atomic E-state index is 0.0348. The first kappa shape index (κ1) is 11.2. The van der Waals surface area contributed by atoms with Gasteiger partial charge in [-0.1, -0.05) is 5.16 Å². The standard InChI is InChI=1S/C12H13N3O3/c16-9-4-1-5-13-10(9)12-14-11(15-18-12)8-3-2-6-17-7-8/h1,4-5,8,16H,2-3,6-7H2. The molecule has 1 N–H and O–H groups in total. The molecule has 2 aromatic rings. The molecule has 3 heterocycles. The fourth-order valence-corrected chi connectivity index (χ4v) is 2.00. The first-order valence-electron chi connectivity index (χ1n) is 5.90. The highest BCUT2D eigenvalue weighted by Crippen LogP contribution is 2.28. The van der Waals surface area contributed by atoms with Crippen molar-refractivity contribution in [3.8, 4) is 17.3 Å². The van der Waals surface area contributed by atoms with E-state index in [9.17, 15) is 5.11 Å². The monoisotopic (exact) mass is 247 g/mol. The summed E-state index contributed by atoms with van der Waals surface area (Å²) in [4.78, 5) is 8.31. The molecule has 1 aliphatic heterocycles. The average molecular weight is 247 g/mol. The van der Waals surface area contributed by atoms with Gasteiger partial charge >= 0.3 is 0 Å². The molecule has 0 spiro atoms. The highest BCUT2D eigenvalue weighted by atomic mass is 16.5. The van der Waals surface area contributed by atoms with Gasteiger partial charge in [0.05, 0.1) is 6.61 Å². The molecule has 94 valence electrons. The van der Waals surface area contributed by atoms with Crippen LogP contribution in [0.15, 0.2) is 22.9 Å².